The number of hydrogen-bond donors (Lipinski definition) is 2. The van der Waals surface area contributed by atoms with Gasteiger partial charge in [0.1, 0.15) is 11.4 Å². The van der Waals surface area contributed by atoms with E-state index in [-0.39, 0.29) is 12.5 Å². The van der Waals surface area contributed by atoms with Crippen LogP contribution in [0.3, 0.4) is 0 Å². The van der Waals surface area contributed by atoms with Crippen LogP contribution in [0.25, 0.3) is 32.3 Å². The van der Waals surface area contributed by atoms with Crippen molar-refractivity contribution in [2.75, 3.05) is 19.8 Å². The van der Waals surface area contributed by atoms with Crippen LogP contribution >= 0.6 is 11.3 Å². The molecule has 0 aliphatic heterocycles. The van der Waals surface area contributed by atoms with Crippen LogP contribution in [-0.2, 0) is 11.3 Å². The Morgan fingerprint density at radius 2 is 1.77 bits per heavy atom. The smallest absolute Gasteiger partial charge is 0.260 e. The van der Waals surface area contributed by atoms with Gasteiger partial charge >= 0.3 is 0 Å². The second-order valence-corrected chi connectivity index (χ2v) is 8.11. The lowest BCUT2D eigenvalue weighted by molar-refractivity contribution is -0.129. The summed E-state index contributed by atoms with van der Waals surface area (Å²) in [5.41, 5.74) is 15.7. The summed E-state index contributed by atoms with van der Waals surface area (Å²) in [6, 6.07) is 7.88. The lowest BCUT2D eigenvalue weighted by atomic mass is 10.00. The molecule has 0 aliphatic carbocycles. The van der Waals surface area contributed by atoms with Crippen molar-refractivity contribution in [3.8, 4) is 22.3 Å². The highest BCUT2D eigenvalue weighted by molar-refractivity contribution is 7.21. The molecule has 152 valence electrons. The summed E-state index contributed by atoms with van der Waals surface area (Å²) in [4.78, 5) is 29.7. The first-order chi connectivity index (χ1) is 14.3. The van der Waals surface area contributed by atoms with Crippen LogP contribution in [0.4, 0.5) is 5.69 Å². The van der Waals surface area contributed by atoms with E-state index in [0.29, 0.717) is 10.6 Å². The average Bonchev–Trinajstić information content (AvgIpc) is 3.33. The number of benzene rings is 1. The molecule has 0 fully saturated rings. The van der Waals surface area contributed by atoms with Crippen molar-refractivity contribution in [2.24, 2.45) is 5.73 Å². The topological polar surface area (TPSA) is 120 Å². The molecule has 4 N–H and O–H groups in total. The first kappa shape index (κ1) is 19.6. The number of carbonyl (C=O) groups is 2. The van der Waals surface area contributed by atoms with Crippen molar-refractivity contribution in [3.05, 3.63) is 53.9 Å². The van der Waals surface area contributed by atoms with Gasteiger partial charge in [-0.1, -0.05) is 24.3 Å². The van der Waals surface area contributed by atoms with Gasteiger partial charge in [0.2, 0.25) is 5.91 Å². The van der Waals surface area contributed by atoms with Gasteiger partial charge in [0.25, 0.3) is 5.91 Å². The third-order valence-corrected chi connectivity index (χ3v) is 5.97. The second-order valence-electron chi connectivity index (χ2n) is 7.06. The van der Waals surface area contributed by atoms with E-state index in [9.17, 15) is 9.59 Å². The van der Waals surface area contributed by atoms with Crippen molar-refractivity contribution in [3.63, 3.8) is 0 Å². The van der Waals surface area contributed by atoms with E-state index < -0.39 is 5.91 Å². The highest BCUT2D eigenvalue weighted by Crippen LogP contribution is 2.39. The normalized spacial score (nSPS) is 11.0. The van der Waals surface area contributed by atoms with Crippen LogP contribution in [0, 0.1) is 0 Å². The van der Waals surface area contributed by atoms with Crippen molar-refractivity contribution in [2.45, 2.75) is 6.54 Å². The molecule has 0 unspecified atom stereocenters. The number of nitrogens with two attached hydrogens (primary N) is 2. The SMILES string of the molecule is CN(C)C(=O)Cn1cc(-c2ccc(-c3cncc4sc(C(N)=O)c(N)c34)cc2)cn1. The largest absolute Gasteiger partial charge is 0.397 e. The summed E-state index contributed by atoms with van der Waals surface area (Å²) in [6.07, 6.45) is 6.99. The van der Waals surface area contributed by atoms with Crippen molar-refractivity contribution in [1.29, 1.82) is 0 Å². The van der Waals surface area contributed by atoms with Gasteiger partial charge in [-0.05, 0) is 11.1 Å². The maximum absolute atomic E-state index is 11.9. The first-order valence-electron chi connectivity index (χ1n) is 9.14. The van der Waals surface area contributed by atoms with Gasteiger partial charge in [-0.3, -0.25) is 19.3 Å². The van der Waals surface area contributed by atoms with Crippen LogP contribution in [0.15, 0.2) is 49.1 Å². The Bertz CT molecular complexity index is 1260. The Kier molecular flexibility index (Phi) is 4.96. The third-order valence-electron chi connectivity index (χ3n) is 4.82. The van der Waals surface area contributed by atoms with E-state index in [2.05, 4.69) is 10.1 Å². The molecule has 0 bridgehead atoms. The molecular formula is C21H20N6O2S. The Hall–Kier alpha value is -3.72. The van der Waals surface area contributed by atoms with Crippen LogP contribution in [0.1, 0.15) is 9.67 Å². The second kappa shape index (κ2) is 7.60. The summed E-state index contributed by atoms with van der Waals surface area (Å²) >= 11 is 1.25. The van der Waals surface area contributed by atoms with Gasteiger partial charge in [0, 0.05) is 49.2 Å². The van der Waals surface area contributed by atoms with Gasteiger partial charge in [0.15, 0.2) is 0 Å². The molecule has 8 nitrogen and oxygen atoms in total. The fraction of sp³-hybridized carbons (Fsp3) is 0.143. The maximum atomic E-state index is 11.9. The summed E-state index contributed by atoms with van der Waals surface area (Å²) in [5, 5.41) is 5.05. The number of fused-ring (bicyclic) bond motifs is 1. The summed E-state index contributed by atoms with van der Waals surface area (Å²) in [6.45, 7) is 0.193. The number of carbonyl (C=O) groups excluding carboxylic acids is 2. The van der Waals surface area contributed by atoms with Gasteiger partial charge in [-0.15, -0.1) is 11.3 Å². The molecule has 0 atom stereocenters. The summed E-state index contributed by atoms with van der Waals surface area (Å²) in [7, 11) is 3.43. The van der Waals surface area contributed by atoms with E-state index in [1.807, 2.05) is 30.5 Å². The number of primary amides is 1. The molecule has 0 saturated heterocycles. The summed E-state index contributed by atoms with van der Waals surface area (Å²) < 4.78 is 2.43. The van der Waals surface area contributed by atoms with Crippen LogP contribution in [-0.4, -0.2) is 45.6 Å². The van der Waals surface area contributed by atoms with E-state index in [4.69, 9.17) is 11.5 Å². The molecule has 3 aromatic heterocycles. The fourth-order valence-corrected chi connectivity index (χ4v) is 4.17. The molecule has 0 saturated carbocycles. The number of nitrogens with zero attached hydrogens (tertiary/aromatic N) is 4. The number of thiophene rings is 1. The molecule has 30 heavy (non-hydrogen) atoms. The van der Waals surface area contributed by atoms with Gasteiger partial charge in [-0.2, -0.15) is 5.10 Å². The first-order valence-corrected chi connectivity index (χ1v) is 9.96. The van der Waals surface area contributed by atoms with Gasteiger partial charge in [0.05, 0.1) is 16.6 Å². The van der Waals surface area contributed by atoms with Crippen LogP contribution in [0.5, 0.6) is 0 Å². The highest BCUT2D eigenvalue weighted by Gasteiger charge is 2.18. The van der Waals surface area contributed by atoms with E-state index in [1.165, 1.54) is 16.2 Å². The Morgan fingerprint density at radius 1 is 1.07 bits per heavy atom. The Morgan fingerprint density at radius 3 is 2.43 bits per heavy atom. The third kappa shape index (κ3) is 3.50. The molecule has 3 heterocycles. The van der Waals surface area contributed by atoms with Crippen molar-refractivity contribution in [1.82, 2.24) is 19.7 Å². The molecule has 0 radical (unpaired) electrons. The zero-order valence-corrected chi connectivity index (χ0v) is 17.3. The zero-order chi connectivity index (χ0) is 21.4. The number of aromatic nitrogens is 3. The van der Waals surface area contributed by atoms with Crippen LogP contribution in [0.2, 0.25) is 0 Å². The predicted molar refractivity (Wildman–Crippen MR) is 118 cm³/mol. The predicted octanol–water partition coefficient (Wildman–Crippen LogP) is 2.60. The minimum atomic E-state index is -0.542. The van der Waals surface area contributed by atoms with Crippen molar-refractivity contribution < 1.29 is 9.59 Å². The van der Waals surface area contributed by atoms with Gasteiger partial charge < -0.3 is 16.4 Å². The zero-order valence-electron chi connectivity index (χ0n) is 16.5. The number of hydrogen-bond acceptors (Lipinski definition) is 6. The molecule has 0 spiro atoms. The van der Waals surface area contributed by atoms with E-state index in [1.54, 1.807) is 37.4 Å². The number of anilines is 1. The monoisotopic (exact) mass is 420 g/mol. The number of nitrogen functional groups attached to an aromatic ring is 1. The molecular weight excluding hydrogens is 400 g/mol. The lowest BCUT2D eigenvalue weighted by Crippen LogP contribution is -2.26. The molecule has 4 rings (SSSR count). The molecule has 4 aromatic rings. The molecule has 1 aromatic carbocycles. The minimum Gasteiger partial charge on any atom is -0.397 e. The van der Waals surface area contributed by atoms with Crippen LogP contribution < -0.4 is 11.5 Å². The highest BCUT2D eigenvalue weighted by atomic mass is 32.1. The lowest BCUT2D eigenvalue weighted by Gasteiger charge is -2.09. The maximum Gasteiger partial charge on any atom is 0.260 e. The quantitative estimate of drug-likeness (QED) is 0.514. The molecule has 2 amide bonds. The standard InChI is InChI=1S/C21H20N6O2S/c1-26(2)17(28)11-27-10-14(7-25-27)12-3-5-13(6-4-12)15-8-24-9-16-18(15)19(22)20(30-16)21(23)29/h3-10H,11,22H2,1-2H3,(H2,23,29). The number of pyridine rings is 1. The van der Waals surface area contributed by atoms with Gasteiger partial charge in [-0.25, -0.2) is 0 Å². The minimum absolute atomic E-state index is 0.0238. The average molecular weight is 420 g/mol. The number of amides is 2. The Labute approximate surface area is 176 Å². The number of likely N-dealkylation sites (N-methyl/N-ethyl adjacent to an activating group) is 1. The molecule has 0 aliphatic rings. The van der Waals surface area contributed by atoms with E-state index in [0.717, 1.165) is 32.3 Å². The Balaban J connectivity index is 1.66. The fourth-order valence-electron chi connectivity index (χ4n) is 3.20. The molecule has 9 heteroatoms. The number of rotatable bonds is 5. The van der Waals surface area contributed by atoms with Crippen molar-refractivity contribution >= 4 is 38.9 Å². The summed E-state index contributed by atoms with van der Waals surface area (Å²) in [5.74, 6) is -0.566. The van der Waals surface area contributed by atoms with E-state index >= 15 is 0 Å².